The summed E-state index contributed by atoms with van der Waals surface area (Å²) in [5.74, 6) is 0. The highest BCUT2D eigenvalue weighted by Crippen LogP contribution is 2.51. The molecule has 0 N–H and O–H groups in total. The predicted octanol–water partition coefficient (Wildman–Crippen LogP) is 8.22. The van der Waals surface area contributed by atoms with Gasteiger partial charge in [0.1, 0.15) is 6.07 Å². The Labute approximate surface area is 203 Å². The molecule has 0 unspecified atom stereocenters. The first-order chi connectivity index (χ1) is 16.8. The van der Waals surface area contributed by atoms with Gasteiger partial charge in [0.25, 0.3) is 0 Å². The van der Waals surface area contributed by atoms with Gasteiger partial charge in [-0.1, -0.05) is 72.4 Å². The van der Waals surface area contributed by atoms with Crippen LogP contribution in [0, 0.1) is 11.3 Å². The highest BCUT2D eigenvalue weighted by molar-refractivity contribution is 7.99. The van der Waals surface area contributed by atoms with Gasteiger partial charge in [0.2, 0.25) is 0 Å². The Morgan fingerprint density at radius 3 is 1.97 bits per heavy atom. The lowest BCUT2D eigenvalue weighted by atomic mass is 10.0. The number of aromatic nitrogens is 1. The van der Waals surface area contributed by atoms with E-state index in [4.69, 9.17) is 5.26 Å². The summed E-state index contributed by atoms with van der Waals surface area (Å²) in [4.78, 5) is 9.27. The van der Waals surface area contributed by atoms with Crippen molar-refractivity contribution in [2.45, 2.75) is 9.79 Å². The maximum atomic E-state index is 8.99. The summed E-state index contributed by atoms with van der Waals surface area (Å²) in [5.41, 5.74) is 8.29. The Morgan fingerprint density at radius 2 is 1.32 bits per heavy atom. The topological polar surface area (TPSA) is 39.9 Å². The molecule has 2 heterocycles. The molecule has 5 aromatic rings. The minimum Gasteiger partial charge on any atom is -0.308 e. The lowest BCUT2D eigenvalue weighted by Gasteiger charge is -2.33. The van der Waals surface area contributed by atoms with E-state index in [9.17, 15) is 0 Å². The molecule has 160 valence electrons. The maximum absolute atomic E-state index is 8.99. The van der Waals surface area contributed by atoms with Crippen LogP contribution >= 0.6 is 11.8 Å². The zero-order valence-electron chi connectivity index (χ0n) is 18.2. The SMILES string of the molecule is N#Cc1ccc(-c2ccc(-c3cccc(N4c5ccccc5Sc5ccccc54)c3)cc2)nc1. The van der Waals surface area contributed by atoms with Crippen molar-refractivity contribution < 1.29 is 0 Å². The van der Waals surface area contributed by atoms with Gasteiger partial charge in [-0.25, -0.2) is 0 Å². The van der Waals surface area contributed by atoms with Crippen LogP contribution in [0.15, 0.2) is 125 Å². The van der Waals surface area contributed by atoms with Crippen LogP contribution in [0.3, 0.4) is 0 Å². The molecule has 0 saturated heterocycles. The molecule has 4 aromatic carbocycles. The van der Waals surface area contributed by atoms with Crippen molar-refractivity contribution in [1.29, 1.82) is 5.26 Å². The van der Waals surface area contributed by atoms with E-state index in [1.54, 1.807) is 12.3 Å². The number of anilines is 3. The van der Waals surface area contributed by atoms with Crippen molar-refractivity contribution in [2.24, 2.45) is 0 Å². The molecule has 0 fully saturated rings. The van der Waals surface area contributed by atoms with Crippen LogP contribution in [0.4, 0.5) is 17.1 Å². The van der Waals surface area contributed by atoms with Crippen LogP contribution in [0.5, 0.6) is 0 Å². The predicted molar refractivity (Wildman–Crippen MR) is 139 cm³/mol. The third kappa shape index (κ3) is 3.63. The summed E-state index contributed by atoms with van der Waals surface area (Å²) in [6.07, 6.45) is 1.61. The molecule has 0 radical (unpaired) electrons. The van der Waals surface area contributed by atoms with Crippen LogP contribution in [0.2, 0.25) is 0 Å². The lowest BCUT2D eigenvalue weighted by Crippen LogP contribution is -2.14. The minimum absolute atomic E-state index is 0.566. The highest BCUT2D eigenvalue weighted by Gasteiger charge is 2.24. The van der Waals surface area contributed by atoms with Gasteiger partial charge < -0.3 is 4.90 Å². The quantitative estimate of drug-likeness (QED) is 0.271. The molecule has 1 aliphatic rings. The second-order valence-corrected chi connectivity index (χ2v) is 9.13. The lowest BCUT2D eigenvalue weighted by molar-refractivity contribution is 1.17. The van der Waals surface area contributed by atoms with Crippen LogP contribution in [0.1, 0.15) is 5.56 Å². The maximum Gasteiger partial charge on any atom is 0.101 e. The second kappa shape index (κ2) is 8.55. The zero-order valence-corrected chi connectivity index (χ0v) is 19.0. The molecule has 0 saturated carbocycles. The number of hydrogen-bond acceptors (Lipinski definition) is 4. The first-order valence-electron chi connectivity index (χ1n) is 11.0. The zero-order chi connectivity index (χ0) is 22.9. The van der Waals surface area contributed by atoms with Crippen LogP contribution in [0.25, 0.3) is 22.4 Å². The molecule has 4 heteroatoms. The average Bonchev–Trinajstić information content (AvgIpc) is 2.92. The van der Waals surface area contributed by atoms with Crippen LogP contribution in [-0.2, 0) is 0 Å². The monoisotopic (exact) mass is 453 g/mol. The van der Waals surface area contributed by atoms with Gasteiger partial charge in [0.05, 0.1) is 22.6 Å². The number of nitriles is 1. The Kier molecular flexibility index (Phi) is 5.10. The van der Waals surface area contributed by atoms with E-state index < -0.39 is 0 Å². The summed E-state index contributed by atoms with van der Waals surface area (Å²) >= 11 is 1.82. The third-order valence-corrected chi connectivity index (χ3v) is 7.07. The van der Waals surface area contributed by atoms with E-state index in [-0.39, 0.29) is 0 Å². The van der Waals surface area contributed by atoms with Gasteiger partial charge in [-0.05, 0) is 59.7 Å². The van der Waals surface area contributed by atoms with Crippen molar-refractivity contribution >= 4 is 28.8 Å². The largest absolute Gasteiger partial charge is 0.308 e. The number of nitrogens with zero attached hydrogens (tertiary/aromatic N) is 3. The first kappa shape index (κ1) is 20.3. The molecule has 1 aromatic heterocycles. The number of rotatable bonds is 3. The smallest absolute Gasteiger partial charge is 0.101 e. The fourth-order valence-electron chi connectivity index (χ4n) is 4.27. The Bertz CT molecular complexity index is 1490. The molecule has 0 atom stereocenters. The Hall–Kier alpha value is -4.33. The molecular formula is C30H19N3S. The van der Waals surface area contributed by atoms with Crippen molar-refractivity contribution in [1.82, 2.24) is 4.98 Å². The molecule has 6 rings (SSSR count). The van der Waals surface area contributed by atoms with E-state index in [0.717, 1.165) is 28.1 Å². The van der Waals surface area contributed by atoms with E-state index in [2.05, 4.69) is 113 Å². The molecular weight excluding hydrogens is 434 g/mol. The fraction of sp³-hybridized carbons (Fsp3) is 0. The standard InChI is InChI=1S/C30H19N3S/c31-19-21-12-17-26(32-20-21)23-15-13-22(14-16-23)24-6-5-7-25(18-24)33-27-8-1-3-10-29(27)34-30-11-4-2-9-28(30)33/h1-18,20H. The van der Waals surface area contributed by atoms with Crippen molar-refractivity contribution in [3.63, 3.8) is 0 Å². The van der Waals surface area contributed by atoms with Gasteiger partial charge in [0.15, 0.2) is 0 Å². The van der Waals surface area contributed by atoms with Crippen molar-refractivity contribution in [2.75, 3.05) is 4.90 Å². The van der Waals surface area contributed by atoms with Crippen molar-refractivity contribution in [3.8, 4) is 28.5 Å². The van der Waals surface area contributed by atoms with Gasteiger partial charge in [-0.3, -0.25) is 4.98 Å². The fourth-order valence-corrected chi connectivity index (χ4v) is 5.33. The van der Waals surface area contributed by atoms with Gasteiger partial charge in [-0.15, -0.1) is 0 Å². The molecule has 1 aliphatic heterocycles. The summed E-state index contributed by atoms with van der Waals surface area (Å²) < 4.78 is 0. The van der Waals surface area contributed by atoms with E-state index in [0.29, 0.717) is 5.56 Å². The Morgan fingerprint density at radius 1 is 0.647 bits per heavy atom. The molecule has 0 spiro atoms. The normalized spacial score (nSPS) is 11.9. The number of fused-ring (bicyclic) bond motifs is 2. The summed E-state index contributed by atoms with van der Waals surface area (Å²) in [6.45, 7) is 0. The van der Waals surface area contributed by atoms with Gasteiger partial charge in [-0.2, -0.15) is 5.26 Å². The van der Waals surface area contributed by atoms with E-state index in [1.165, 1.54) is 21.2 Å². The minimum atomic E-state index is 0.566. The number of benzene rings is 4. The number of hydrogen-bond donors (Lipinski definition) is 0. The van der Waals surface area contributed by atoms with Crippen LogP contribution in [-0.4, -0.2) is 4.98 Å². The van der Waals surface area contributed by atoms with Gasteiger partial charge >= 0.3 is 0 Å². The number of pyridine rings is 1. The van der Waals surface area contributed by atoms with E-state index in [1.807, 2.05) is 17.8 Å². The van der Waals surface area contributed by atoms with E-state index >= 15 is 0 Å². The van der Waals surface area contributed by atoms with Gasteiger partial charge in [0, 0.05) is 27.2 Å². The Balaban J connectivity index is 1.38. The number of para-hydroxylation sites is 2. The molecule has 0 amide bonds. The van der Waals surface area contributed by atoms with Crippen LogP contribution < -0.4 is 4.90 Å². The molecule has 0 bridgehead atoms. The second-order valence-electron chi connectivity index (χ2n) is 8.04. The third-order valence-electron chi connectivity index (χ3n) is 5.94. The average molecular weight is 454 g/mol. The molecule has 3 nitrogen and oxygen atoms in total. The summed E-state index contributed by atoms with van der Waals surface area (Å²) in [6, 6.07) is 40.0. The first-order valence-corrected chi connectivity index (χ1v) is 11.8. The highest BCUT2D eigenvalue weighted by atomic mass is 32.2. The molecule has 34 heavy (non-hydrogen) atoms. The summed E-state index contributed by atoms with van der Waals surface area (Å²) in [5, 5.41) is 8.99. The molecule has 0 aliphatic carbocycles. The summed E-state index contributed by atoms with van der Waals surface area (Å²) in [7, 11) is 0. The van der Waals surface area contributed by atoms with Crippen molar-refractivity contribution in [3.05, 3.63) is 121 Å².